The van der Waals surface area contributed by atoms with Crippen molar-refractivity contribution in [3.63, 3.8) is 0 Å². The molecule has 0 aliphatic carbocycles. The largest absolute Gasteiger partial charge is 0.384 e. The van der Waals surface area contributed by atoms with E-state index in [9.17, 15) is 10.1 Å². The van der Waals surface area contributed by atoms with Crippen molar-refractivity contribution in [3.8, 4) is 11.4 Å². The highest BCUT2D eigenvalue weighted by Gasteiger charge is 2.09. The van der Waals surface area contributed by atoms with Gasteiger partial charge in [0.25, 0.3) is 5.69 Å². The number of nitro benzene ring substituents is 1. The Balaban J connectivity index is 2.52. The fourth-order valence-electron chi connectivity index (χ4n) is 1.48. The van der Waals surface area contributed by atoms with E-state index in [1.807, 2.05) is 0 Å². The number of nitrogen functional groups attached to an aromatic ring is 1. The van der Waals surface area contributed by atoms with E-state index in [1.54, 1.807) is 25.1 Å². The molecule has 0 saturated heterocycles. The van der Waals surface area contributed by atoms with E-state index in [4.69, 9.17) is 5.73 Å². The van der Waals surface area contributed by atoms with Gasteiger partial charge in [-0.25, -0.2) is 9.97 Å². The van der Waals surface area contributed by atoms with Crippen LogP contribution in [0.4, 0.5) is 11.5 Å². The van der Waals surface area contributed by atoms with Gasteiger partial charge in [0.15, 0.2) is 5.82 Å². The van der Waals surface area contributed by atoms with Gasteiger partial charge in [0, 0.05) is 29.5 Å². The van der Waals surface area contributed by atoms with Crippen molar-refractivity contribution in [2.45, 2.75) is 6.92 Å². The number of nitrogens with zero attached hydrogens (tertiary/aromatic N) is 3. The lowest BCUT2D eigenvalue weighted by molar-refractivity contribution is -0.384. The lowest BCUT2D eigenvalue weighted by Gasteiger charge is -2.02. The van der Waals surface area contributed by atoms with Gasteiger partial charge in [-0.05, 0) is 6.92 Å². The van der Waals surface area contributed by atoms with Gasteiger partial charge in [-0.15, -0.1) is 0 Å². The summed E-state index contributed by atoms with van der Waals surface area (Å²) in [5.74, 6) is 0.741. The Hall–Kier alpha value is -2.50. The smallest absolute Gasteiger partial charge is 0.270 e. The number of nitrogens with two attached hydrogens (primary N) is 1. The molecule has 0 amide bonds. The first-order valence-corrected chi connectivity index (χ1v) is 4.92. The third kappa shape index (κ3) is 2.36. The van der Waals surface area contributed by atoms with Gasteiger partial charge < -0.3 is 5.73 Å². The number of aromatic nitrogens is 2. The highest BCUT2D eigenvalue weighted by Crippen LogP contribution is 2.21. The molecule has 0 unspecified atom stereocenters. The van der Waals surface area contributed by atoms with Gasteiger partial charge in [-0.2, -0.15) is 0 Å². The lowest BCUT2D eigenvalue weighted by Crippen LogP contribution is -1.98. The highest BCUT2D eigenvalue weighted by atomic mass is 16.6. The van der Waals surface area contributed by atoms with Crippen LogP contribution in [-0.4, -0.2) is 14.9 Å². The molecular formula is C11H10N4O2. The summed E-state index contributed by atoms with van der Waals surface area (Å²) >= 11 is 0. The molecule has 0 aliphatic rings. The highest BCUT2D eigenvalue weighted by molar-refractivity contribution is 5.60. The SMILES string of the molecule is Cc1cc(N)nc(-c2cccc([N+](=O)[O-])c2)n1. The molecule has 0 aliphatic heterocycles. The van der Waals surface area contributed by atoms with Crippen molar-refractivity contribution in [1.82, 2.24) is 9.97 Å². The molecule has 17 heavy (non-hydrogen) atoms. The predicted octanol–water partition coefficient (Wildman–Crippen LogP) is 1.94. The van der Waals surface area contributed by atoms with E-state index in [0.29, 0.717) is 17.2 Å². The Kier molecular flexibility index (Phi) is 2.70. The molecule has 0 spiro atoms. The average molecular weight is 230 g/mol. The summed E-state index contributed by atoms with van der Waals surface area (Å²) in [6.45, 7) is 1.79. The molecule has 6 nitrogen and oxygen atoms in total. The second kappa shape index (κ2) is 4.17. The van der Waals surface area contributed by atoms with Crippen LogP contribution < -0.4 is 5.73 Å². The maximum absolute atomic E-state index is 10.7. The van der Waals surface area contributed by atoms with Gasteiger partial charge in [0.1, 0.15) is 5.82 Å². The summed E-state index contributed by atoms with van der Waals surface area (Å²) < 4.78 is 0. The van der Waals surface area contributed by atoms with Gasteiger partial charge >= 0.3 is 0 Å². The van der Waals surface area contributed by atoms with Crippen LogP contribution in [-0.2, 0) is 0 Å². The van der Waals surface area contributed by atoms with E-state index < -0.39 is 4.92 Å². The summed E-state index contributed by atoms with van der Waals surface area (Å²) in [5.41, 5.74) is 6.91. The fourth-order valence-corrected chi connectivity index (χ4v) is 1.48. The Morgan fingerprint density at radius 1 is 1.29 bits per heavy atom. The third-order valence-corrected chi connectivity index (χ3v) is 2.19. The molecule has 1 aromatic carbocycles. The molecule has 86 valence electrons. The minimum atomic E-state index is -0.456. The minimum absolute atomic E-state index is 0.00572. The normalized spacial score (nSPS) is 10.2. The first-order valence-electron chi connectivity index (χ1n) is 4.92. The zero-order valence-corrected chi connectivity index (χ0v) is 9.12. The number of hydrogen-bond acceptors (Lipinski definition) is 5. The molecule has 2 rings (SSSR count). The van der Waals surface area contributed by atoms with Crippen LogP contribution in [0.25, 0.3) is 11.4 Å². The van der Waals surface area contributed by atoms with Crippen LogP contribution in [0, 0.1) is 17.0 Å². The molecule has 0 bridgehead atoms. The van der Waals surface area contributed by atoms with Crippen molar-refractivity contribution in [1.29, 1.82) is 0 Å². The minimum Gasteiger partial charge on any atom is -0.384 e. The summed E-state index contributed by atoms with van der Waals surface area (Å²) in [7, 11) is 0. The van der Waals surface area contributed by atoms with Crippen LogP contribution >= 0.6 is 0 Å². The van der Waals surface area contributed by atoms with Crippen LogP contribution in [0.15, 0.2) is 30.3 Å². The van der Waals surface area contributed by atoms with E-state index >= 15 is 0 Å². The lowest BCUT2D eigenvalue weighted by atomic mass is 10.2. The molecule has 2 aromatic rings. The maximum Gasteiger partial charge on any atom is 0.270 e. The maximum atomic E-state index is 10.7. The van der Waals surface area contributed by atoms with Crippen LogP contribution in [0.2, 0.25) is 0 Å². The van der Waals surface area contributed by atoms with E-state index in [1.165, 1.54) is 12.1 Å². The number of anilines is 1. The third-order valence-electron chi connectivity index (χ3n) is 2.19. The van der Waals surface area contributed by atoms with Crippen LogP contribution in [0.1, 0.15) is 5.69 Å². The van der Waals surface area contributed by atoms with Crippen molar-refractivity contribution >= 4 is 11.5 Å². The first-order chi connectivity index (χ1) is 8.06. The van der Waals surface area contributed by atoms with Crippen LogP contribution in [0.5, 0.6) is 0 Å². The number of rotatable bonds is 2. The molecule has 0 atom stereocenters. The first kappa shape index (κ1) is 11.0. The number of non-ortho nitro benzene ring substituents is 1. The number of benzene rings is 1. The van der Waals surface area contributed by atoms with Crippen molar-refractivity contribution in [2.75, 3.05) is 5.73 Å². The summed E-state index contributed by atoms with van der Waals surface area (Å²) in [4.78, 5) is 18.4. The Morgan fingerprint density at radius 3 is 2.71 bits per heavy atom. The van der Waals surface area contributed by atoms with Crippen molar-refractivity contribution < 1.29 is 4.92 Å². The molecule has 1 aromatic heterocycles. The van der Waals surface area contributed by atoms with E-state index in [-0.39, 0.29) is 5.69 Å². The molecule has 0 fully saturated rings. The van der Waals surface area contributed by atoms with E-state index in [0.717, 1.165) is 5.69 Å². The summed E-state index contributed by atoms with van der Waals surface area (Å²) in [5, 5.41) is 10.7. The molecule has 6 heteroatoms. The molecule has 0 saturated carbocycles. The quantitative estimate of drug-likeness (QED) is 0.628. The molecular weight excluding hydrogens is 220 g/mol. The molecule has 0 radical (unpaired) electrons. The summed E-state index contributed by atoms with van der Waals surface area (Å²) in [6, 6.07) is 7.79. The van der Waals surface area contributed by atoms with Gasteiger partial charge in [0.05, 0.1) is 4.92 Å². The topological polar surface area (TPSA) is 94.9 Å². The predicted molar refractivity (Wildman–Crippen MR) is 63.3 cm³/mol. The molecule has 1 heterocycles. The number of hydrogen-bond donors (Lipinski definition) is 1. The van der Waals surface area contributed by atoms with Gasteiger partial charge in [0.2, 0.25) is 0 Å². The Morgan fingerprint density at radius 2 is 2.06 bits per heavy atom. The average Bonchev–Trinajstić information content (AvgIpc) is 2.28. The second-order valence-corrected chi connectivity index (χ2v) is 3.57. The zero-order chi connectivity index (χ0) is 12.4. The second-order valence-electron chi connectivity index (χ2n) is 3.57. The number of nitro groups is 1. The van der Waals surface area contributed by atoms with Crippen molar-refractivity contribution in [2.24, 2.45) is 0 Å². The Bertz CT molecular complexity index is 563. The molecule has 2 N–H and O–H groups in total. The summed E-state index contributed by atoms with van der Waals surface area (Å²) in [6.07, 6.45) is 0. The number of aryl methyl sites for hydroxylation is 1. The van der Waals surface area contributed by atoms with Gasteiger partial charge in [-0.3, -0.25) is 10.1 Å². The van der Waals surface area contributed by atoms with Crippen molar-refractivity contribution in [3.05, 3.63) is 46.1 Å². The monoisotopic (exact) mass is 230 g/mol. The van der Waals surface area contributed by atoms with Gasteiger partial charge in [-0.1, -0.05) is 12.1 Å². The van der Waals surface area contributed by atoms with E-state index in [2.05, 4.69) is 9.97 Å². The standard InChI is InChI=1S/C11H10N4O2/c1-7-5-10(12)14-11(13-7)8-3-2-4-9(6-8)15(16)17/h2-6H,1H3,(H2,12,13,14). The zero-order valence-electron chi connectivity index (χ0n) is 9.12. The fraction of sp³-hybridized carbons (Fsp3) is 0.0909. The van der Waals surface area contributed by atoms with Crippen LogP contribution in [0.3, 0.4) is 0 Å². The Labute approximate surface area is 97.3 Å².